The standard InChI is InChI=1S/C21H26N6O3.C2H4O2/c1-14-13-27(11-8-18(28)29)21(30)25-19(14)26-9-6-15(7-10-26)12-22-20-23-16-4-2-3-5-17(16)24-20;1-2(3)4/h2-5,13,15H,6-12H2,1H3,(H,28,29)(H2,22,23,24);1H3,(H,3,4). The second kappa shape index (κ2) is 11.3. The minimum absolute atomic E-state index is 0.0933. The third-order valence-corrected chi connectivity index (χ3v) is 5.58. The number of hydrogen-bond donors (Lipinski definition) is 4. The summed E-state index contributed by atoms with van der Waals surface area (Å²) in [5.74, 6) is 0.254. The number of aliphatic carboxylic acids is 2. The van der Waals surface area contributed by atoms with Gasteiger partial charge in [-0.05, 0) is 37.8 Å². The lowest BCUT2D eigenvalue weighted by atomic mass is 9.96. The number of rotatable bonds is 7. The summed E-state index contributed by atoms with van der Waals surface area (Å²) in [6.45, 7) is 5.64. The van der Waals surface area contributed by atoms with E-state index in [9.17, 15) is 9.59 Å². The molecule has 3 heterocycles. The minimum atomic E-state index is -0.929. The van der Waals surface area contributed by atoms with Gasteiger partial charge in [-0.2, -0.15) is 4.98 Å². The molecule has 0 spiro atoms. The van der Waals surface area contributed by atoms with Crippen LogP contribution in [0.15, 0.2) is 35.3 Å². The number of aryl methyl sites for hydroxylation is 2. The van der Waals surface area contributed by atoms with Crippen molar-refractivity contribution in [1.29, 1.82) is 0 Å². The van der Waals surface area contributed by atoms with E-state index in [0.29, 0.717) is 11.7 Å². The molecule has 0 saturated carbocycles. The van der Waals surface area contributed by atoms with Crippen molar-refractivity contribution in [2.45, 2.75) is 39.7 Å². The number of para-hydroxylation sites is 2. The van der Waals surface area contributed by atoms with E-state index < -0.39 is 17.6 Å². The molecule has 4 rings (SSSR count). The molecule has 0 amide bonds. The van der Waals surface area contributed by atoms with Crippen molar-refractivity contribution in [2.75, 3.05) is 29.9 Å². The van der Waals surface area contributed by atoms with E-state index in [2.05, 4.69) is 25.2 Å². The van der Waals surface area contributed by atoms with E-state index in [4.69, 9.17) is 15.0 Å². The third-order valence-electron chi connectivity index (χ3n) is 5.58. The zero-order chi connectivity index (χ0) is 24.7. The van der Waals surface area contributed by atoms with E-state index in [1.807, 2.05) is 31.2 Å². The summed E-state index contributed by atoms with van der Waals surface area (Å²) in [4.78, 5) is 46.2. The smallest absolute Gasteiger partial charge is 0.349 e. The van der Waals surface area contributed by atoms with Crippen molar-refractivity contribution in [3.8, 4) is 0 Å². The predicted octanol–water partition coefficient (Wildman–Crippen LogP) is 2.32. The fraction of sp³-hybridized carbons (Fsp3) is 0.435. The Bertz CT molecular complexity index is 1160. The third kappa shape index (κ3) is 6.80. The van der Waals surface area contributed by atoms with Crippen LogP contribution in [-0.4, -0.2) is 61.3 Å². The van der Waals surface area contributed by atoms with Crippen LogP contribution >= 0.6 is 0 Å². The first-order chi connectivity index (χ1) is 16.2. The number of fused-ring (bicyclic) bond motifs is 1. The Balaban J connectivity index is 0.000000751. The number of aromatic amines is 1. The van der Waals surface area contributed by atoms with Gasteiger partial charge in [-0.3, -0.25) is 14.2 Å². The molecule has 11 heteroatoms. The van der Waals surface area contributed by atoms with Crippen molar-refractivity contribution in [3.05, 3.63) is 46.5 Å². The first-order valence-corrected chi connectivity index (χ1v) is 11.2. The quantitative estimate of drug-likeness (QED) is 0.407. The van der Waals surface area contributed by atoms with Crippen LogP contribution in [0.25, 0.3) is 11.0 Å². The first kappa shape index (κ1) is 24.7. The number of anilines is 2. The molecule has 1 aliphatic rings. The van der Waals surface area contributed by atoms with Crippen molar-refractivity contribution >= 4 is 34.7 Å². The van der Waals surface area contributed by atoms with Crippen molar-refractivity contribution < 1.29 is 19.8 Å². The molecule has 3 aromatic rings. The molecule has 0 atom stereocenters. The number of hydrogen-bond acceptors (Lipinski definition) is 7. The molecule has 1 aromatic carbocycles. The Kier molecular flexibility index (Phi) is 8.23. The number of piperidine rings is 1. The van der Waals surface area contributed by atoms with Gasteiger partial charge in [0.25, 0.3) is 5.97 Å². The SMILES string of the molecule is CC(=O)O.Cc1cn(CCC(=O)O)c(=O)nc1N1CCC(CNc2nc3ccccc3[nH]2)CC1. The van der Waals surface area contributed by atoms with Crippen LogP contribution in [0, 0.1) is 12.8 Å². The Labute approximate surface area is 196 Å². The maximum atomic E-state index is 12.3. The molecule has 0 radical (unpaired) electrons. The van der Waals surface area contributed by atoms with Gasteiger partial charge < -0.3 is 25.4 Å². The molecular weight excluding hydrogens is 440 g/mol. The van der Waals surface area contributed by atoms with Crippen molar-refractivity contribution in [1.82, 2.24) is 19.5 Å². The maximum absolute atomic E-state index is 12.3. The first-order valence-electron chi connectivity index (χ1n) is 11.2. The molecular formula is C23H30N6O5. The lowest BCUT2D eigenvalue weighted by Gasteiger charge is -2.33. The lowest BCUT2D eigenvalue weighted by molar-refractivity contribution is -0.137. The summed E-state index contributed by atoms with van der Waals surface area (Å²) in [6, 6.07) is 7.96. The molecule has 4 N–H and O–H groups in total. The van der Waals surface area contributed by atoms with Gasteiger partial charge in [0, 0.05) is 44.9 Å². The summed E-state index contributed by atoms with van der Waals surface area (Å²) in [5, 5.41) is 19.6. The van der Waals surface area contributed by atoms with Gasteiger partial charge >= 0.3 is 11.7 Å². The highest BCUT2D eigenvalue weighted by Gasteiger charge is 2.22. The highest BCUT2D eigenvalue weighted by atomic mass is 16.4. The molecule has 1 aliphatic heterocycles. The van der Waals surface area contributed by atoms with Crippen molar-refractivity contribution in [3.63, 3.8) is 0 Å². The van der Waals surface area contributed by atoms with Crippen LogP contribution in [0.1, 0.15) is 31.7 Å². The van der Waals surface area contributed by atoms with E-state index in [1.54, 1.807) is 6.20 Å². The highest BCUT2D eigenvalue weighted by Crippen LogP contribution is 2.24. The van der Waals surface area contributed by atoms with Crippen LogP contribution in [0.3, 0.4) is 0 Å². The molecule has 0 unspecified atom stereocenters. The maximum Gasteiger partial charge on any atom is 0.349 e. The zero-order valence-electron chi connectivity index (χ0n) is 19.3. The van der Waals surface area contributed by atoms with Crippen LogP contribution in [0.4, 0.5) is 11.8 Å². The summed E-state index contributed by atoms with van der Waals surface area (Å²) in [6.07, 6.45) is 3.61. The van der Waals surface area contributed by atoms with Gasteiger partial charge in [-0.15, -0.1) is 0 Å². The van der Waals surface area contributed by atoms with Gasteiger partial charge in [-0.25, -0.2) is 9.78 Å². The van der Waals surface area contributed by atoms with Gasteiger partial charge in [-0.1, -0.05) is 12.1 Å². The number of benzene rings is 1. The number of carbonyl (C=O) groups is 2. The lowest BCUT2D eigenvalue weighted by Crippen LogP contribution is -2.38. The second-order valence-electron chi connectivity index (χ2n) is 8.30. The molecule has 34 heavy (non-hydrogen) atoms. The normalized spacial score (nSPS) is 13.9. The number of imidazole rings is 1. The minimum Gasteiger partial charge on any atom is -0.481 e. The molecule has 1 fully saturated rings. The molecule has 182 valence electrons. The van der Waals surface area contributed by atoms with Crippen LogP contribution in [-0.2, 0) is 16.1 Å². The Morgan fingerprint density at radius 2 is 1.85 bits per heavy atom. The predicted molar refractivity (Wildman–Crippen MR) is 128 cm³/mol. The Hall–Kier alpha value is -3.89. The molecule has 1 saturated heterocycles. The van der Waals surface area contributed by atoms with Gasteiger partial charge in [0.2, 0.25) is 5.95 Å². The van der Waals surface area contributed by atoms with E-state index in [1.165, 1.54) is 4.57 Å². The van der Waals surface area contributed by atoms with Gasteiger partial charge in [0.15, 0.2) is 0 Å². The fourth-order valence-electron chi connectivity index (χ4n) is 3.91. The molecule has 2 aromatic heterocycles. The number of carboxylic acid groups (broad SMARTS) is 2. The van der Waals surface area contributed by atoms with Gasteiger partial charge in [0.05, 0.1) is 17.5 Å². The average Bonchev–Trinajstić information content (AvgIpc) is 3.21. The Morgan fingerprint density at radius 3 is 2.50 bits per heavy atom. The Morgan fingerprint density at radius 1 is 1.18 bits per heavy atom. The summed E-state index contributed by atoms with van der Waals surface area (Å²) in [7, 11) is 0. The number of nitrogens with zero attached hydrogens (tertiary/aromatic N) is 4. The summed E-state index contributed by atoms with van der Waals surface area (Å²) in [5.41, 5.74) is 2.47. The molecule has 11 nitrogen and oxygen atoms in total. The molecule has 0 aliphatic carbocycles. The topological polar surface area (TPSA) is 153 Å². The highest BCUT2D eigenvalue weighted by molar-refractivity contribution is 5.77. The second-order valence-corrected chi connectivity index (χ2v) is 8.30. The van der Waals surface area contributed by atoms with Crippen LogP contribution in [0.2, 0.25) is 0 Å². The summed E-state index contributed by atoms with van der Waals surface area (Å²) >= 11 is 0. The van der Waals surface area contributed by atoms with E-state index in [-0.39, 0.29) is 13.0 Å². The van der Waals surface area contributed by atoms with Crippen molar-refractivity contribution in [2.24, 2.45) is 5.92 Å². The number of aromatic nitrogens is 4. The van der Waals surface area contributed by atoms with E-state index in [0.717, 1.165) is 61.9 Å². The van der Waals surface area contributed by atoms with E-state index >= 15 is 0 Å². The average molecular weight is 471 g/mol. The zero-order valence-corrected chi connectivity index (χ0v) is 19.3. The van der Waals surface area contributed by atoms with Crippen LogP contribution in [0.5, 0.6) is 0 Å². The fourth-order valence-corrected chi connectivity index (χ4v) is 3.91. The monoisotopic (exact) mass is 470 g/mol. The summed E-state index contributed by atoms with van der Waals surface area (Å²) < 4.78 is 1.37. The largest absolute Gasteiger partial charge is 0.481 e. The number of H-pyrrole nitrogens is 1. The molecule has 0 bridgehead atoms. The number of nitrogens with one attached hydrogen (secondary N) is 2. The van der Waals surface area contributed by atoms with Crippen LogP contribution < -0.4 is 15.9 Å². The van der Waals surface area contributed by atoms with Gasteiger partial charge in [0.1, 0.15) is 5.82 Å². The number of carboxylic acids is 2.